The summed E-state index contributed by atoms with van der Waals surface area (Å²) in [6.45, 7) is 1.78. The molecule has 0 N–H and O–H groups in total. The van der Waals surface area contributed by atoms with E-state index in [0.717, 1.165) is 0 Å². The van der Waals surface area contributed by atoms with E-state index in [4.69, 9.17) is 4.42 Å². The molecule has 0 saturated carbocycles. The summed E-state index contributed by atoms with van der Waals surface area (Å²) in [5, 5.41) is 0. The van der Waals surface area contributed by atoms with Gasteiger partial charge in [0.25, 0.3) is 0 Å². The van der Waals surface area contributed by atoms with Gasteiger partial charge >= 0.3 is 0 Å². The van der Waals surface area contributed by atoms with Crippen molar-refractivity contribution in [3.8, 4) is 0 Å². The van der Waals surface area contributed by atoms with Gasteiger partial charge in [-0.2, -0.15) is 0 Å². The molecule has 0 aliphatic rings. The van der Waals surface area contributed by atoms with E-state index in [1.54, 1.807) is 19.1 Å². The van der Waals surface area contributed by atoms with E-state index in [-0.39, 0.29) is 17.3 Å². The molecule has 0 aliphatic carbocycles. The van der Waals surface area contributed by atoms with Crippen LogP contribution in [0.25, 0.3) is 0 Å². The molecule has 0 fully saturated rings. The Hall–Kier alpha value is -0.900. The molecule has 0 spiro atoms. The van der Waals surface area contributed by atoms with Crippen molar-refractivity contribution in [3.63, 3.8) is 0 Å². The number of hydrogen-bond donors (Lipinski definition) is 0. The molecule has 1 heterocycles. The monoisotopic (exact) mass is 186 g/mol. The van der Waals surface area contributed by atoms with Crippen molar-refractivity contribution in [1.29, 1.82) is 0 Å². The van der Waals surface area contributed by atoms with Crippen LogP contribution in [0.1, 0.15) is 17.5 Å². The van der Waals surface area contributed by atoms with E-state index in [0.29, 0.717) is 5.75 Å². The van der Waals surface area contributed by atoms with Gasteiger partial charge in [0.05, 0.1) is 12.0 Å². The second kappa shape index (κ2) is 4.21. The van der Waals surface area contributed by atoms with Crippen LogP contribution in [0.5, 0.6) is 0 Å². The molecule has 1 aromatic rings. The standard InChI is InChI=1S/C8H10O3S/c1-2-12(10)6-7(9)8-4-3-5-11-8/h3-5H,2,6H2,1H3. The quantitative estimate of drug-likeness (QED) is 0.664. The van der Waals surface area contributed by atoms with Crippen LogP contribution in [0.4, 0.5) is 0 Å². The Balaban J connectivity index is 2.56. The minimum atomic E-state index is -1.05. The van der Waals surface area contributed by atoms with Crippen molar-refractivity contribution in [2.45, 2.75) is 6.92 Å². The van der Waals surface area contributed by atoms with Gasteiger partial charge in [-0.25, -0.2) is 0 Å². The van der Waals surface area contributed by atoms with Crippen LogP contribution in [0, 0.1) is 0 Å². The highest BCUT2D eigenvalue weighted by Crippen LogP contribution is 2.02. The minimum Gasteiger partial charge on any atom is -0.461 e. The van der Waals surface area contributed by atoms with Crippen molar-refractivity contribution in [2.24, 2.45) is 0 Å². The van der Waals surface area contributed by atoms with Crippen LogP contribution >= 0.6 is 0 Å². The Labute approximate surface area is 73.2 Å². The highest BCUT2D eigenvalue weighted by Gasteiger charge is 2.10. The third-order valence-corrected chi connectivity index (χ3v) is 2.64. The maximum Gasteiger partial charge on any atom is 0.210 e. The van der Waals surface area contributed by atoms with E-state index in [1.807, 2.05) is 0 Å². The van der Waals surface area contributed by atoms with Crippen molar-refractivity contribution in [3.05, 3.63) is 24.2 Å². The zero-order chi connectivity index (χ0) is 8.97. The first kappa shape index (κ1) is 9.19. The Bertz CT molecular complexity index is 277. The fraction of sp³-hybridized carbons (Fsp3) is 0.375. The summed E-state index contributed by atoms with van der Waals surface area (Å²) in [4.78, 5) is 11.2. The molecular formula is C8H10O3S. The predicted molar refractivity (Wildman–Crippen MR) is 46.6 cm³/mol. The number of furan rings is 1. The lowest BCUT2D eigenvalue weighted by atomic mass is 10.3. The molecule has 0 aromatic carbocycles. The lowest BCUT2D eigenvalue weighted by Gasteiger charge is -1.94. The molecule has 66 valence electrons. The zero-order valence-electron chi connectivity index (χ0n) is 6.78. The topological polar surface area (TPSA) is 47.3 Å². The van der Waals surface area contributed by atoms with Crippen LogP contribution in [0.2, 0.25) is 0 Å². The van der Waals surface area contributed by atoms with Gasteiger partial charge in [0.2, 0.25) is 5.78 Å². The van der Waals surface area contributed by atoms with E-state index in [2.05, 4.69) is 0 Å². The summed E-state index contributed by atoms with van der Waals surface area (Å²) >= 11 is 0. The normalized spacial score (nSPS) is 12.8. The molecule has 4 heteroatoms. The Morgan fingerprint density at radius 3 is 2.92 bits per heavy atom. The molecule has 0 aliphatic heterocycles. The number of carbonyl (C=O) groups excluding carboxylic acids is 1. The highest BCUT2D eigenvalue weighted by molar-refractivity contribution is 7.85. The molecular weight excluding hydrogens is 176 g/mol. The average molecular weight is 186 g/mol. The largest absolute Gasteiger partial charge is 0.461 e. The van der Waals surface area contributed by atoms with Gasteiger partial charge in [0, 0.05) is 16.6 Å². The molecule has 1 aromatic heterocycles. The molecule has 0 amide bonds. The number of carbonyl (C=O) groups is 1. The second-order valence-electron chi connectivity index (χ2n) is 2.27. The Morgan fingerprint density at radius 1 is 1.67 bits per heavy atom. The van der Waals surface area contributed by atoms with Gasteiger partial charge in [0.15, 0.2) is 5.76 Å². The van der Waals surface area contributed by atoms with Gasteiger partial charge in [-0.15, -0.1) is 0 Å². The molecule has 0 bridgehead atoms. The number of rotatable bonds is 4. The number of hydrogen-bond acceptors (Lipinski definition) is 3. The highest BCUT2D eigenvalue weighted by atomic mass is 32.2. The first-order chi connectivity index (χ1) is 5.74. The maximum absolute atomic E-state index is 11.2. The molecule has 12 heavy (non-hydrogen) atoms. The van der Waals surface area contributed by atoms with Gasteiger partial charge in [0.1, 0.15) is 0 Å². The van der Waals surface area contributed by atoms with Crippen molar-refractivity contribution in [1.82, 2.24) is 0 Å². The predicted octanol–water partition coefficient (Wildman–Crippen LogP) is 1.23. The lowest BCUT2D eigenvalue weighted by Crippen LogP contribution is -2.11. The van der Waals surface area contributed by atoms with Crippen molar-refractivity contribution >= 4 is 16.6 Å². The molecule has 1 atom stereocenters. The maximum atomic E-state index is 11.2. The summed E-state index contributed by atoms with van der Waals surface area (Å²) in [5.74, 6) is 0.660. The van der Waals surface area contributed by atoms with E-state index < -0.39 is 10.8 Å². The van der Waals surface area contributed by atoms with Gasteiger partial charge in [-0.3, -0.25) is 9.00 Å². The van der Waals surface area contributed by atoms with Crippen LogP contribution in [-0.2, 0) is 10.8 Å². The molecule has 0 saturated heterocycles. The van der Waals surface area contributed by atoms with E-state index in [1.165, 1.54) is 6.26 Å². The first-order valence-electron chi connectivity index (χ1n) is 3.65. The van der Waals surface area contributed by atoms with Crippen molar-refractivity contribution < 1.29 is 13.4 Å². The summed E-state index contributed by atoms with van der Waals surface area (Å²) in [6, 6.07) is 3.22. The smallest absolute Gasteiger partial charge is 0.210 e. The summed E-state index contributed by atoms with van der Waals surface area (Å²) in [7, 11) is -1.05. The summed E-state index contributed by atoms with van der Waals surface area (Å²) < 4.78 is 15.8. The summed E-state index contributed by atoms with van der Waals surface area (Å²) in [6.07, 6.45) is 1.43. The average Bonchev–Trinajstić information content (AvgIpc) is 2.56. The Morgan fingerprint density at radius 2 is 2.42 bits per heavy atom. The first-order valence-corrected chi connectivity index (χ1v) is 5.14. The molecule has 1 unspecified atom stereocenters. The zero-order valence-corrected chi connectivity index (χ0v) is 7.60. The third kappa shape index (κ3) is 2.30. The molecule has 0 radical (unpaired) electrons. The fourth-order valence-corrected chi connectivity index (χ4v) is 1.40. The van der Waals surface area contributed by atoms with E-state index in [9.17, 15) is 9.00 Å². The minimum absolute atomic E-state index is 0.0595. The van der Waals surface area contributed by atoms with Gasteiger partial charge in [-0.05, 0) is 12.1 Å². The van der Waals surface area contributed by atoms with E-state index >= 15 is 0 Å². The van der Waals surface area contributed by atoms with Gasteiger partial charge in [-0.1, -0.05) is 6.92 Å². The summed E-state index contributed by atoms with van der Waals surface area (Å²) in [5.41, 5.74) is 0. The molecule has 1 rings (SSSR count). The SMILES string of the molecule is CCS(=O)CC(=O)c1ccco1. The van der Waals surface area contributed by atoms with Gasteiger partial charge < -0.3 is 4.42 Å². The van der Waals surface area contributed by atoms with Crippen LogP contribution in [0.3, 0.4) is 0 Å². The third-order valence-electron chi connectivity index (χ3n) is 1.41. The number of Topliss-reactive ketones (excluding diaryl/α,β-unsaturated/α-hetero) is 1. The second-order valence-corrected chi connectivity index (χ2v) is 4.02. The fourth-order valence-electron chi connectivity index (χ4n) is 0.757. The number of ketones is 1. The lowest BCUT2D eigenvalue weighted by molar-refractivity contribution is 0.0991. The Kier molecular flexibility index (Phi) is 3.22. The van der Waals surface area contributed by atoms with Crippen LogP contribution in [-0.4, -0.2) is 21.5 Å². The van der Waals surface area contributed by atoms with Crippen molar-refractivity contribution in [2.75, 3.05) is 11.5 Å². The van der Waals surface area contributed by atoms with Crippen LogP contribution in [0.15, 0.2) is 22.8 Å². The van der Waals surface area contributed by atoms with Crippen LogP contribution < -0.4 is 0 Å². The molecule has 3 nitrogen and oxygen atoms in total.